The molecule has 25 heteroatoms. The Bertz CT molecular complexity index is 5090. The van der Waals surface area contributed by atoms with E-state index in [1.807, 2.05) is 108 Å². The normalized spacial score (nSPS) is 17.3. The van der Waals surface area contributed by atoms with Gasteiger partial charge < -0.3 is 58.9 Å². The van der Waals surface area contributed by atoms with Gasteiger partial charge in [-0.1, -0.05) is 122 Å². The summed E-state index contributed by atoms with van der Waals surface area (Å²) in [4.78, 5) is 131. The lowest BCUT2D eigenvalue weighted by atomic mass is 9.89. The Labute approximate surface area is 668 Å². The van der Waals surface area contributed by atoms with Crippen molar-refractivity contribution in [2.45, 2.75) is 162 Å². The molecule has 3 N–H and O–H groups in total. The van der Waals surface area contributed by atoms with Gasteiger partial charge in [0.15, 0.2) is 40.8 Å². The summed E-state index contributed by atoms with van der Waals surface area (Å²) >= 11 is 0. The van der Waals surface area contributed by atoms with E-state index in [1.54, 1.807) is 68.0 Å². The van der Waals surface area contributed by atoms with Gasteiger partial charge in [-0.3, -0.25) is 38.4 Å². The number of nitrogens with one attached hydrogen (secondary N) is 2. The largest absolute Gasteiger partial charge is 0.497 e. The molecule has 6 aliphatic rings. The van der Waals surface area contributed by atoms with E-state index < -0.39 is 47.9 Å². The first kappa shape index (κ1) is 79.6. The van der Waals surface area contributed by atoms with Crippen LogP contribution in [-0.2, 0) is 59.5 Å². The number of carbonyl (C=O) groups is 9. The van der Waals surface area contributed by atoms with Crippen molar-refractivity contribution in [3.8, 4) is 62.4 Å². The van der Waals surface area contributed by atoms with Gasteiger partial charge in [0.1, 0.15) is 23.8 Å². The monoisotopic (exact) mass is 1560 g/mol. The minimum absolute atomic E-state index is 0.00911. The molecular weight excluding hydrogens is 1460 g/mol. The first-order valence-electron chi connectivity index (χ1n) is 39.6. The number of amides is 6. The van der Waals surface area contributed by atoms with Crippen LogP contribution in [0.25, 0.3) is 39.2 Å². The number of methoxy groups -OCH3 is 3. The minimum Gasteiger partial charge on any atom is -0.497 e. The molecule has 6 amide bonds. The van der Waals surface area contributed by atoms with Crippen LogP contribution in [0.15, 0.2) is 152 Å². The Kier molecular flexibility index (Phi) is 23.8. The zero-order valence-electron chi connectivity index (χ0n) is 66.1. The lowest BCUT2D eigenvalue weighted by Gasteiger charge is -2.31. The molecule has 14 rings (SSSR count). The first-order valence-corrected chi connectivity index (χ1v) is 39.6. The predicted octanol–water partition coefficient (Wildman–Crippen LogP) is 13.0. The molecule has 115 heavy (non-hydrogen) atoms. The number of carbonyl (C=O) groups excluding carboxylic acids is 9. The summed E-state index contributed by atoms with van der Waals surface area (Å²) in [5, 5.41) is 26.7. The maximum Gasteiger partial charge on any atom is 0.416 e. The van der Waals surface area contributed by atoms with Crippen LogP contribution in [0.5, 0.6) is 28.7 Å². The van der Waals surface area contributed by atoms with E-state index in [2.05, 4.69) is 45.2 Å². The zero-order chi connectivity index (χ0) is 80.9. The molecule has 5 aliphatic heterocycles. The molecule has 1 aliphatic carbocycles. The molecule has 25 nitrogen and oxygen atoms in total. The third-order valence-electron chi connectivity index (χ3n) is 23.0. The number of ether oxygens (including phenoxy) is 6. The second-order valence-corrected chi connectivity index (χ2v) is 31.4. The first-order chi connectivity index (χ1) is 55.5. The lowest BCUT2D eigenvalue weighted by molar-refractivity contribution is -0.133. The van der Waals surface area contributed by atoms with Crippen LogP contribution >= 0.6 is 0 Å². The van der Waals surface area contributed by atoms with E-state index >= 15 is 0 Å². The maximum atomic E-state index is 14.6. The van der Waals surface area contributed by atoms with E-state index in [0.717, 1.165) is 92.2 Å². The smallest absolute Gasteiger partial charge is 0.416 e. The summed E-state index contributed by atoms with van der Waals surface area (Å²) in [6.45, 7) is 9.54. The summed E-state index contributed by atoms with van der Waals surface area (Å²) < 4.78 is 37.4. The molecule has 0 bridgehead atoms. The number of nitrogens with zero attached hydrogens (tertiary/aromatic N) is 7. The number of aliphatic hydroxyl groups excluding tert-OH is 1. The Hall–Kier alpha value is -12.0. The van der Waals surface area contributed by atoms with E-state index in [-0.39, 0.29) is 147 Å². The van der Waals surface area contributed by atoms with Gasteiger partial charge in [0.25, 0.3) is 11.8 Å². The second-order valence-electron chi connectivity index (χ2n) is 31.4. The molecule has 1 aromatic heterocycles. The molecule has 1 unspecified atom stereocenters. The van der Waals surface area contributed by atoms with Crippen molar-refractivity contribution in [1.82, 2.24) is 35.4 Å². The SMILES string of the molecule is COc1ccc(-c2ccc(C3=CN4C(=O)c5cc(OC)c(OCCCOc6cc7c(cc6OC)C(=O)N6CC8(CC8)C[C@H]6C(O)N7C(=O)OCc6ccc(CC(=O)[C@H](C)NC(=O)[C@@H](CC(=O)CNC(=O)CCC(=O)CCC(=O)N7Cc8ccccc8-c8nnn(C(C)C)c8-c8ccccc87)C(C)C)cc6)cc5CC[C@@H]4C3)cc2)cc1. The molecule has 1 saturated carbocycles. The van der Waals surface area contributed by atoms with E-state index in [1.165, 1.54) is 26.4 Å². The number of Topliss-reactive ketones (excluding diaryl/α,β-unsaturated/α-hetero) is 3. The summed E-state index contributed by atoms with van der Waals surface area (Å²) in [7, 11) is 4.64. The molecule has 8 aromatic rings. The molecular formula is C90H97N9O16. The van der Waals surface area contributed by atoms with Crippen LogP contribution in [0.2, 0.25) is 0 Å². The number of fused-ring (bicyclic) bond motifs is 9. The number of aryl methyl sites for hydroxylation is 1. The van der Waals surface area contributed by atoms with Crippen molar-refractivity contribution in [2.75, 3.05) is 57.4 Å². The van der Waals surface area contributed by atoms with Crippen molar-refractivity contribution in [3.63, 3.8) is 0 Å². The van der Waals surface area contributed by atoms with Gasteiger partial charge in [0.2, 0.25) is 17.7 Å². The van der Waals surface area contributed by atoms with Gasteiger partial charge >= 0.3 is 6.09 Å². The zero-order valence-corrected chi connectivity index (χ0v) is 66.1. The van der Waals surface area contributed by atoms with Gasteiger partial charge in [-0.05, 0) is 152 Å². The second kappa shape index (κ2) is 34.4. The Morgan fingerprint density at radius 3 is 1.99 bits per heavy atom. The number of benzene rings is 7. The highest BCUT2D eigenvalue weighted by atomic mass is 16.6. The third kappa shape index (κ3) is 17.3. The van der Waals surface area contributed by atoms with Crippen LogP contribution < -0.4 is 44.1 Å². The van der Waals surface area contributed by atoms with Crippen LogP contribution in [-0.4, -0.2) is 155 Å². The highest BCUT2D eigenvalue weighted by molar-refractivity contribution is 6.07. The van der Waals surface area contributed by atoms with Crippen molar-refractivity contribution >= 4 is 69.9 Å². The van der Waals surface area contributed by atoms with Gasteiger partial charge in [-0.15, -0.1) is 5.10 Å². The van der Waals surface area contributed by atoms with E-state index in [9.17, 15) is 48.3 Å². The number of hydrogen-bond acceptors (Lipinski definition) is 18. The van der Waals surface area contributed by atoms with Crippen LogP contribution in [0, 0.1) is 17.3 Å². The number of rotatable bonds is 30. The molecule has 2 fully saturated rings. The molecule has 0 radical (unpaired) electrons. The Balaban J connectivity index is 0.540. The van der Waals surface area contributed by atoms with Crippen molar-refractivity contribution in [2.24, 2.45) is 17.3 Å². The molecule has 1 spiro atoms. The highest BCUT2D eigenvalue weighted by Crippen LogP contribution is 2.57. The average molecular weight is 1560 g/mol. The summed E-state index contributed by atoms with van der Waals surface area (Å²) in [6, 6.07) is 43.5. The van der Waals surface area contributed by atoms with Gasteiger partial charge in [-0.25, -0.2) is 14.4 Å². The van der Waals surface area contributed by atoms with Crippen molar-refractivity contribution in [1.29, 1.82) is 0 Å². The number of anilines is 2. The molecule has 5 atom stereocenters. The molecule has 7 aromatic carbocycles. The highest BCUT2D eigenvalue weighted by Gasteiger charge is 2.58. The van der Waals surface area contributed by atoms with E-state index in [4.69, 9.17) is 28.4 Å². The fourth-order valence-corrected chi connectivity index (χ4v) is 16.2. The third-order valence-corrected chi connectivity index (χ3v) is 23.0. The Morgan fingerprint density at radius 1 is 0.652 bits per heavy atom. The van der Waals surface area contributed by atoms with Crippen molar-refractivity contribution < 1.29 is 76.7 Å². The van der Waals surface area contributed by atoms with Crippen molar-refractivity contribution in [3.05, 3.63) is 191 Å². The van der Waals surface area contributed by atoms with Gasteiger partial charge in [0, 0.05) is 98.4 Å². The van der Waals surface area contributed by atoms with Crippen LogP contribution in [0.1, 0.15) is 160 Å². The molecule has 1 saturated heterocycles. The standard InChI is InChI=1S/C90H97N9O16/c1-53(2)70(43-66(101)48-91-81(103)34-30-65(100)31-35-82(104)96-49-62-14-9-10-15-68(62)83-84(99(54(3)4)94-93-83)69-16-11-12-17-73(69)96)85(105)92-55(5)76(102)40-56-18-20-57(21-19-56)51-115-89(109)98-74-46-80(78(112-8)45-72(74)87(107)97-52-90(36-37-90)47-75(97)88(98)108)114-39-13-38-113-79-42-61-26-29-64-41-63(50-95(64)86(106)71(61)44-77(79)111-7)60-24-22-58(23-25-60)59-27-32-67(110-6)33-28-59/h9-12,14-25,27-28,32-33,42,44-46,50,53-55,64,70,75,88,108H,13,26,29-31,34-41,43,47-49,51-52H2,1-8H3,(H,91,103)(H,92,105)/t55-,64+,70-,75-,88?/m0/s1. The summed E-state index contributed by atoms with van der Waals surface area (Å²) in [5.41, 5.74) is 11.7. The topological polar surface area (TPSA) is 297 Å². The Morgan fingerprint density at radius 2 is 1.30 bits per heavy atom. The van der Waals surface area contributed by atoms with Crippen LogP contribution in [0.3, 0.4) is 0 Å². The number of aliphatic hydroxyl groups is 1. The minimum atomic E-state index is -1.49. The molecule has 6 heterocycles. The van der Waals surface area contributed by atoms with E-state index in [0.29, 0.717) is 59.7 Å². The number of ketones is 3. The summed E-state index contributed by atoms with van der Waals surface area (Å²) in [5.74, 6) is -1.77. The fraction of sp³-hybridized carbons (Fsp3) is 0.389. The average Bonchev–Trinajstić information content (AvgIpc) is 1.56. The number of hydrogen-bond donors (Lipinski definition) is 3. The predicted molar refractivity (Wildman–Crippen MR) is 430 cm³/mol. The fourth-order valence-electron chi connectivity index (χ4n) is 16.2. The lowest BCUT2D eigenvalue weighted by Crippen LogP contribution is -2.50. The quantitative estimate of drug-likeness (QED) is 0.0352. The molecule has 598 valence electrons. The van der Waals surface area contributed by atoms with Crippen LogP contribution in [0.4, 0.5) is 16.2 Å². The number of aromatic nitrogens is 3. The summed E-state index contributed by atoms with van der Waals surface area (Å²) in [6.07, 6.45) is 3.56. The van der Waals surface area contributed by atoms with Gasteiger partial charge in [0.05, 0.1) is 82.3 Å². The number of para-hydroxylation sites is 1. The maximum absolute atomic E-state index is 14.6. The van der Waals surface area contributed by atoms with Gasteiger partial charge in [-0.2, -0.15) is 0 Å².